The molecule has 0 spiro atoms. The van der Waals surface area contributed by atoms with Crippen molar-refractivity contribution in [3.05, 3.63) is 24.3 Å². The lowest BCUT2D eigenvalue weighted by Gasteiger charge is -2.20. The van der Waals surface area contributed by atoms with Gasteiger partial charge in [-0.2, -0.15) is 0 Å². The number of aliphatic hydroxyl groups is 2. The van der Waals surface area contributed by atoms with Gasteiger partial charge in [0.1, 0.15) is 12.7 Å². The zero-order valence-corrected chi connectivity index (χ0v) is 31.1. The summed E-state index contributed by atoms with van der Waals surface area (Å²) in [7, 11) is -4.61. The number of phosphoric acid groups is 1. The van der Waals surface area contributed by atoms with Gasteiger partial charge in [-0.15, -0.1) is 0 Å². The largest absolute Gasteiger partial charge is 0.472 e. The van der Waals surface area contributed by atoms with E-state index in [0.29, 0.717) is 12.8 Å². The van der Waals surface area contributed by atoms with Gasteiger partial charge in [-0.25, -0.2) is 4.57 Å². The van der Waals surface area contributed by atoms with E-state index >= 15 is 0 Å². The minimum absolute atomic E-state index is 0.183. The van der Waals surface area contributed by atoms with Crippen LogP contribution in [0.3, 0.4) is 0 Å². The van der Waals surface area contributed by atoms with Crippen molar-refractivity contribution >= 4 is 19.8 Å². The topological polar surface area (TPSA) is 149 Å². The molecule has 0 radical (unpaired) electrons. The molecule has 0 aromatic carbocycles. The van der Waals surface area contributed by atoms with Gasteiger partial charge in [-0.05, 0) is 44.9 Å². The van der Waals surface area contributed by atoms with E-state index in [1.807, 2.05) is 0 Å². The zero-order chi connectivity index (χ0) is 35.6. The molecule has 0 saturated carbocycles. The second-order valence-corrected chi connectivity index (χ2v) is 14.1. The van der Waals surface area contributed by atoms with Gasteiger partial charge in [-0.1, -0.05) is 128 Å². The monoisotopic (exact) mass is 704 g/mol. The first-order chi connectivity index (χ1) is 23.2. The molecule has 48 heavy (non-hydrogen) atoms. The number of aliphatic hydroxyl groups excluding tert-OH is 2. The summed E-state index contributed by atoms with van der Waals surface area (Å²) in [6.07, 6.45) is 30.1. The van der Waals surface area contributed by atoms with Crippen LogP contribution in [0, 0.1) is 0 Å². The molecule has 3 atom stereocenters. The standard InChI is InChI=1S/C37H69O10P/c1-3-5-7-9-11-13-15-16-17-18-19-21-22-24-26-28-36(40)44-32-35(33-46-48(42,43)45-31-34(39)30-38)47-37(41)29-27-25-23-20-14-12-10-8-6-4-2/h11,13,16-17,34-35,38-39H,3-10,12,14-15,18-33H2,1-2H3,(H,42,43)/b13-11+,17-16+/t34-,35+/m1/s1. The Labute approximate surface area is 291 Å². The van der Waals surface area contributed by atoms with Gasteiger partial charge >= 0.3 is 19.8 Å². The average Bonchev–Trinajstić information content (AvgIpc) is 3.07. The van der Waals surface area contributed by atoms with Crippen LogP contribution >= 0.6 is 7.82 Å². The fourth-order valence-electron chi connectivity index (χ4n) is 4.90. The molecule has 0 bridgehead atoms. The fourth-order valence-corrected chi connectivity index (χ4v) is 5.69. The summed E-state index contributed by atoms with van der Waals surface area (Å²) in [5.41, 5.74) is 0. The number of unbranched alkanes of at least 4 members (excludes halogenated alkanes) is 17. The van der Waals surface area contributed by atoms with Crippen molar-refractivity contribution in [3.8, 4) is 0 Å². The maximum atomic E-state index is 12.5. The first-order valence-corrected chi connectivity index (χ1v) is 20.3. The quantitative estimate of drug-likeness (QED) is 0.0252. The summed E-state index contributed by atoms with van der Waals surface area (Å²) >= 11 is 0. The van der Waals surface area contributed by atoms with Gasteiger partial charge in [-0.3, -0.25) is 18.6 Å². The van der Waals surface area contributed by atoms with Crippen molar-refractivity contribution in [1.82, 2.24) is 0 Å². The average molecular weight is 705 g/mol. The molecule has 11 heteroatoms. The molecule has 0 aromatic rings. The number of phosphoric ester groups is 1. The molecule has 0 aliphatic rings. The Kier molecular flexibility index (Phi) is 32.8. The van der Waals surface area contributed by atoms with Crippen LogP contribution < -0.4 is 0 Å². The van der Waals surface area contributed by atoms with E-state index in [0.717, 1.165) is 57.8 Å². The molecular weight excluding hydrogens is 635 g/mol. The highest BCUT2D eigenvalue weighted by Gasteiger charge is 2.27. The van der Waals surface area contributed by atoms with Crippen LogP contribution in [-0.4, -0.2) is 65.7 Å². The number of carbonyl (C=O) groups excluding carboxylic acids is 2. The lowest BCUT2D eigenvalue weighted by molar-refractivity contribution is -0.161. The molecule has 0 aromatic heterocycles. The molecule has 1 unspecified atom stereocenters. The first kappa shape index (κ1) is 46.5. The lowest BCUT2D eigenvalue weighted by Crippen LogP contribution is -2.29. The van der Waals surface area contributed by atoms with Crippen molar-refractivity contribution in [2.45, 2.75) is 174 Å². The molecule has 0 aliphatic carbocycles. The Morgan fingerprint density at radius 3 is 1.65 bits per heavy atom. The Balaban J connectivity index is 4.37. The minimum Gasteiger partial charge on any atom is -0.462 e. The Hall–Kier alpha value is -1.55. The molecule has 3 N–H and O–H groups in total. The summed E-state index contributed by atoms with van der Waals surface area (Å²) in [6, 6.07) is 0. The third-order valence-corrected chi connectivity index (χ3v) is 8.81. The summed E-state index contributed by atoms with van der Waals surface area (Å²) in [4.78, 5) is 34.7. The van der Waals surface area contributed by atoms with Crippen molar-refractivity contribution in [1.29, 1.82) is 0 Å². The highest BCUT2D eigenvalue weighted by Crippen LogP contribution is 2.43. The van der Waals surface area contributed by atoms with Gasteiger partial charge in [0.15, 0.2) is 6.10 Å². The van der Waals surface area contributed by atoms with Crippen molar-refractivity contribution < 1.29 is 47.8 Å². The van der Waals surface area contributed by atoms with Crippen LogP contribution in [0.5, 0.6) is 0 Å². The van der Waals surface area contributed by atoms with Crippen LogP contribution in [0.2, 0.25) is 0 Å². The van der Waals surface area contributed by atoms with E-state index in [1.165, 1.54) is 64.2 Å². The SMILES string of the molecule is CCCCC/C=C/C/C=C/CCCCCCCC(=O)OC[C@@H](COP(=O)(O)OC[C@H](O)CO)OC(=O)CCCCCCCCCCCC. The normalized spacial score (nSPS) is 14.4. The second kappa shape index (κ2) is 33.9. The predicted molar refractivity (Wildman–Crippen MR) is 191 cm³/mol. The van der Waals surface area contributed by atoms with E-state index in [2.05, 4.69) is 42.7 Å². The third kappa shape index (κ3) is 33.0. The highest BCUT2D eigenvalue weighted by atomic mass is 31.2. The maximum Gasteiger partial charge on any atom is 0.472 e. The van der Waals surface area contributed by atoms with Crippen LogP contribution in [0.4, 0.5) is 0 Å². The Bertz CT molecular complexity index is 863. The van der Waals surface area contributed by atoms with E-state index in [-0.39, 0.29) is 19.4 Å². The lowest BCUT2D eigenvalue weighted by atomic mass is 10.1. The molecule has 0 rings (SSSR count). The molecule has 0 amide bonds. The van der Waals surface area contributed by atoms with Gasteiger partial charge < -0.3 is 24.6 Å². The number of hydrogen-bond acceptors (Lipinski definition) is 9. The predicted octanol–water partition coefficient (Wildman–Crippen LogP) is 9.05. The maximum absolute atomic E-state index is 12.5. The van der Waals surface area contributed by atoms with Crippen molar-refractivity contribution in [2.75, 3.05) is 26.4 Å². The Morgan fingerprint density at radius 1 is 0.625 bits per heavy atom. The van der Waals surface area contributed by atoms with E-state index < -0.39 is 51.8 Å². The molecule has 10 nitrogen and oxygen atoms in total. The number of hydrogen-bond donors (Lipinski definition) is 3. The molecule has 0 fully saturated rings. The van der Waals surface area contributed by atoms with Crippen LogP contribution in [0.25, 0.3) is 0 Å². The number of carbonyl (C=O) groups is 2. The number of rotatable bonds is 35. The molecule has 0 saturated heterocycles. The van der Waals surface area contributed by atoms with E-state index in [4.69, 9.17) is 19.1 Å². The third-order valence-electron chi connectivity index (χ3n) is 7.86. The van der Waals surface area contributed by atoms with Gasteiger partial charge in [0.25, 0.3) is 0 Å². The van der Waals surface area contributed by atoms with Gasteiger partial charge in [0.05, 0.1) is 19.8 Å². The summed E-state index contributed by atoms with van der Waals surface area (Å²) in [5, 5.41) is 18.2. The summed E-state index contributed by atoms with van der Waals surface area (Å²) in [6.45, 7) is 2.30. The molecular formula is C37H69O10P. The van der Waals surface area contributed by atoms with Crippen molar-refractivity contribution in [2.24, 2.45) is 0 Å². The number of allylic oxidation sites excluding steroid dienone is 4. The van der Waals surface area contributed by atoms with E-state index in [1.54, 1.807) is 0 Å². The number of ether oxygens (including phenoxy) is 2. The van der Waals surface area contributed by atoms with Crippen LogP contribution in [-0.2, 0) is 32.7 Å². The number of esters is 2. The second-order valence-electron chi connectivity index (χ2n) is 12.6. The summed E-state index contributed by atoms with van der Waals surface area (Å²) in [5.74, 6) is -0.941. The molecule has 0 aliphatic heterocycles. The molecule has 0 heterocycles. The Morgan fingerprint density at radius 2 is 1.08 bits per heavy atom. The first-order valence-electron chi connectivity index (χ1n) is 18.8. The summed E-state index contributed by atoms with van der Waals surface area (Å²) < 4.78 is 32.5. The molecule has 282 valence electrons. The van der Waals surface area contributed by atoms with Crippen LogP contribution in [0.15, 0.2) is 24.3 Å². The zero-order valence-electron chi connectivity index (χ0n) is 30.2. The highest BCUT2D eigenvalue weighted by molar-refractivity contribution is 7.47. The van der Waals surface area contributed by atoms with Gasteiger partial charge in [0, 0.05) is 12.8 Å². The van der Waals surface area contributed by atoms with Gasteiger partial charge in [0.2, 0.25) is 0 Å². The fraction of sp³-hybridized carbons (Fsp3) is 0.838. The smallest absolute Gasteiger partial charge is 0.462 e. The van der Waals surface area contributed by atoms with Crippen molar-refractivity contribution in [3.63, 3.8) is 0 Å². The van der Waals surface area contributed by atoms with Crippen LogP contribution in [0.1, 0.15) is 162 Å². The van der Waals surface area contributed by atoms with E-state index in [9.17, 15) is 24.2 Å². The minimum atomic E-state index is -4.61.